The van der Waals surface area contributed by atoms with E-state index in [1.807, 2.05) is 0 Å². The number of hydrogen-bond donors (Lipinski definition) is 1. The van der Waals surface area contributed by atoms with E-state index in [4.69, 9.17) is 5.73 Å². The first-order chi connectivity index (χ1) is 5.79. The second-order valence-corrected chi connectivity index (χ2v) is 3.72. The molecule has 2 atom stereocenters. The molecule has 0 aromatic carbocycles. The molecule has 1 rings (SSSR count). The molecule has 0 fully saturated rings. The van der Waals surface area contributed by atoms with Crippen LogP contribution in [0.5, 0.6) is 0 Å². The predicted molar refractivity (Wildman–Crippen MR) is 53.9 cm³/mol. The fraction of sp³-hybridized carbons (Fsp3) is 0.636. The minimum absolute atomic E-state index is 0.369. The van der Waals surface area contributed by atoms with Gasteiger partial charge in [-0.25, -0.2) is 0 Å². The molecule has 0 amide bonds. The Morgan fingerprint density at radius 3 is 2.92 bits per heavy atom. The molecular weight excluding hydrogens is 146 g/mol. The summed E-state index contributed by atoms with van der Waals surface area (Å²) in [4.78, 5) is 0. The molecule has 0 aromatic heterocycles. The second-order valence-electron chi connectivity index (χ2n) is 3.72. The first-order valence-corrected chi connectivity index (χ1v) is 4.88. The number of allylic oxidation sites excluding steroid dienone is 4. The number of nitrogens with two attached hydrogens (primary N) is 1. The molecule has 0 bridgehead atoms. The minimum Gasteiger partial charge on any atom is -0.328 e. The van der Waals surface area contributed by atoms with Gasteiger partial charge in [-0.15, -0.1) is 0 Å². The van der Waals surface area contributed by atoms with E-state index in [0.717, 1.165) is 12.3 Å². The molecule has 2 N–H and O–H groups in total. The molecule has 1 heteroatoms. The molecule has 0 aliphatic heterocycles. The van der Waals surface area contributed by atoms with Crippen LogP contribution in [0.2, 0.25) is 0 Å². The molecule has 2 unspecified atom stereocenters. The normalized spacial score (nSPS) is 24.3. The van der Waals surface area contributed by atoms with E-state index in [1.54, 1.807) is 0 Å². The van der Waals surface area contributed by atoms with Crippen molar-refractivity contribution in [2.24, 2.45) is 11.7 Å². The second kappa shape index (κ2) is 5.15. The highest BCUT2D eigenvalue weighted by Gasteiger charge is 2.04. The largest absolute Gasteiger partial charge is 0.328 e. The summed E-state index contributed by atoms with van der Waals surface area (Å²) in [5.74, 6) is 0.772. The summed E-state index contributed by atoms with van der Waals surface area (Å²) < 4.78 is 0. The van der Waals surface area contributed by atoms with Crippen molar-refractivity contribution in [1.29, 1.82) is 0 Å². The third-order valence-electron chi connectivity index (χ3n) is 2.30. The Labute approximate surface area is 75.3 Å². The molecule has 1 nitrogen and oxygen atoms in total. The van der Waals surface area contributed by atoms with Crippen molar-refractivity contribution in [3.05, 3.63) is 24.3 Å². The first-order valence-electron chi connectivity index (χ1n) is 4.88. The van der Waals surface area contributed by atoms with Crippen molar-refractivity contribution in [1.82, 2.24) is 0 Å². The molecule has 0 saturated carbocycles. The third kappa shape index (κ3) is 3.72. The van der Waals surface area contributed by atoms with E-state index in [1.165, 1.54) is 19.3 Å². The van der Waals surface area contributed by atoms with Crippen LogP contribution in [-0.2, 0) is 0 Å². The number of hydrogen-bond acceptors (Lipinski definition) is 1. The monoisotopic (exact) mass is 165 g/mol. The minimum atomic E-state index is 0.369. The van der Waals surface area contributed by atoms with Gasteiger partial charge in [0.2, 0.25) is 0 Å². The zero-order chi connectivity index (χ0) is 8.81. The smallest absolute Gasteiger partial charge is 0.00104 e. The lowest BCUT2D eigenvalue weighted by atomic mass is 9.94. The van der Waals surface area contributed by atoms with Crippen molar-refractivity contribution in [2.75, 3.05) is 0 Å². The lowest BCUT2D eigenvalue weighted by Gasteiger charge is -2.13. The Kier molecular flexibility index (Phi) is 4.09. The van der Waals surface area contributed by atoms with Crippen LogP contribution in [-0.4, -0.2) is 6.04 Å². The highest BCUT2D eigenvalue weighted by molar-refractivity contribution is 5.10. The van der Waals surface area contributed by atoms with Crippen LogP contribution in [0.4, 0.5) is 0 Å². The zero-order valence-electron chi connectivity index (χ0n) is 7.87. The summed E-state index contributed by atoms with van der Waals surface area (Å²) in [6, 6.07) is 0.369. The van der Waals surface area contributed by atoms with Crippen LogP contribution in [0, 0.1) is 5.92 Å². The van der Waals surface area contributed by atoms with Crippen LogP contribution in [0.1, 0.15) is 32.6 Å². The Hall–Kier alpha value is -0.560. The first kappa shape index (κ1) is 9.53. The lowest BCUT2D eigenvalue weighted by Crippen LogP contribution is -2.14. The number of rotatable bonds is 4. The maximum atomic E-state index is 5.68. The van der Waals surface area contributed by atoms with E-state index in [9.17, 15) is 0 Å². The Morgan fingerprint density at radius 2 is 2.33 bits per heavy atom. The summed E-state index contributed by atoms with van der Waals surface area (Å²) in [6.45, 7) is 2.08. The van der Waals surface area contributed by atoms with Gasteiger partial charge in [0.05, 0.1) is 0 Å². The third-order valence-corrected chi connectivity index (χ3v) is 2.30. The average Bonchev–Trinajstić information content (AvgIpc) is 2.05. The van der Waals surface area contributed by atoms with Gasteiger partial charge in [0.25, 0.3) is 0 Å². The Bertz CT molecular complexity index is 168. The topological polar surface area (TPSA) is 26.0 Å². The molecular formula is C11H19N. The Balaban J connectivity index is 2.07. The van der Waals surface area contributed by atoms with Gasteiger partial charge in [-0.2, -0.15) is 0 Å². The maximum Gasteiger partial charge on any atom is 0.00104 e. The summed E-state index contributed by atoms with van der Waals surface area (Å²) >= 11 is 0. The van der Waals surface area contributed by atoms with Crippen LogP contribution in [0.3, 0.4) is 0 Å². The summed E-state index contributed by atoms with van der Waals surface area (Å²) in [6.07, 6.45) is 13.8. The van der Waals surface area contributed by atoms with E-state index < -0.39 is 0 Å². The fourth-order valence-electron chi connectivity index (χ4n) is 1.55. The molecule has 1 aliphatic rings. The SMILES string of the molecule is CC(N)CCCC1C=CC=CC1. The molecule has 12 heavy (non-hydrogen) atoms. The molecule has 0 saturated heterocycles. The van der Waals surface area contributed by atoms with Gasteiger partial charge in [-0.3, -0.25) is 0 Å². The maximum absolute atomic E-state index is 5.68. The molecule has 68 valence electrons. The average molecular weight is 165 g/mol. The highest BCUT2D eigenvalue weighted by atomic mass is 14.6. The van der Waals surface area contributed by atoms with Crippen LogP contribution in [0.15, 0.2) is 24.3 Å². The van der Waals surface area contributed by atoms with Gasteiger partial charge in [0, 0.05) is 6.04 Å². The van der Waals surface area contributed by atoms with Crippen LogP contribution < -0.4 is 5.73 Å². The van der Waals surface area contributed by atoms with E-state index >= 15 is 0 Å². The van der Waals surface area contributed by atoms with E-state index in [-0.39, 0.29) is 0 Å². The van der Waals surface area contributed by atoms with Gasteiger partial charge in [0.1, 0.15) is 0 Å². The van der Waals surface area contributed by atoms with Crippen molar-refractivity contribution >= 4 is 0 Å². The predicted octanol–water partition coefficient (Wildman–Crippen LogP) is 2.64. The van der Waals surface area contributed by atoms with Gasteiger partial charge in [-0.1, -0.05) is 30.7 Å². The van der Waals surface area contributed by atoms with Crippen LogP contribution in [0.25, 0.3) is 0 Å². The van der Waals surface area contributed by atoms with Crippen molar-refractivity contribution in [2.45, 2.75) is 38.6 Å². The summed E-state index contributed by atoms with van der Waals surface area (Å²) in [5.41, 5.74) is 5.68. The van der Waals surface area contributed by atoms with Crippen LogP contribution >= 0.6 is 0 Å². The Morgan fingerprint density at radius 1 is 1.50 bits per heavy atom. The van der Waals surface area contributed by atoms with E-state index in [0.29, 0.717) is 6.04 Å². The van der Waals surface area contributed by atoms with Crippen molar-refractivity contribution in [3.8, 4) is 0 Å². The fourth-order valence-corrected chi connectivity index (χ4v) is 1.55. The molecule has 0 radical (unpaired) electrons. The molecule has 0 aromatic rings. The highest BCUT2D eigenvalue weighted by Crippen LogP contribution is 2.18. The molecule has 0 spiro atoms. The summed E-state index contributed by atoms with van der Waals surface area (Å²) in [7, 11) is 0. The van der Waals surface area contributed by atoms with Gasteiger partial charge < -0.3 is 5.73 Å². The molecule has 0 heterocycles. The zero-order valence-corrected chi connectivity index (χ0v) is 7.87. The van der Waals surface area contributed by atoms with Gasteiger partial charge >= 0.3 is 0 Å². The quantitative estimate of drug-likeness (QED) is 0.681. The standard InChI is InChI=1S/C11H19N/c1-10(12)6-5-9-11-7-3-2-4-8-11/h2-4,7,10-11H,5-6,8-9,12H2,1H3. The van der Waals surface area contributed by atoms with Gasteiger partial charge in [0.15, 0.2) is 0 Å². The van der Waals surface area contributed by atoms with E-state index in [2.05, 4.69) is 31.2 Å². The van der Waals surface area contributed by atoms with Crippen molar-refractivity contribution in [3.63, 3.8) is 0 Å². The van der Waals surface area contributed by atoms with Crippen molar-refractivity contribution < 1.29 is 0 Å². The van der Waals surface area contributed by atoms with Gasteiger partial charge in [-0.05, 0) is 32.1 Å². The molecule has 1 aliphatic carbocycles. The lowest BCUT2D eigenvalue weighted by molar-refractivity contribution is 0.517. The summed E-state index contributed by atoms with van der Waals surface area (Å²) in [5, 5.41) is 0.